The van der Waals surface area contributed by atoms with E-state index in [1.807, 2.05) is 32.9 Å². The molecule has 0 saturated carbocycles. The number of hydrogen-bond donors (Lipinski definition) is 2. The standard InChI is InChI=1S/C19H19FN6O2/c1-19(2,3)25-18-23-15(12-6-8-21-9-7-12)11-17(24-18)22-13-4-5-14(20)16(10-13)26(27)28/h4-11H,1-3H3,(H2,22,23,24,25). The molecule has 1 aromatic carbocycles. The van der Waals surface area contributed by atoms with Gasteiger partial charge in [0.1, 0.15) is 5.82 Å². The van der Waals surface area contributed by atoms with E-state index in [2.05, 4.69) is 25.6 Å². The van der Waals surface area contributed by atoms with Crippen molar-refractivity contribution in [3.63, 3.8) is 0 Å². The average Bonchev–Trinajstić information content (AvgIpc) is 2.62. The summed E-state index contributed by atoms with van der Waals surface area (Å²) >= 11 is 0. The molecule has 0 aliphatic rings. The summed E-state index contributed by atoms with van der Waals surface area (Å²) in [4.78, 5) is 23.2. The van der Waals surface area contributed by atoms with Gasteiger partial charge < -0.3 is 10.6 Å². The van der Waals surface area contributed by atoms with Gasteiger partial charge in [-0.1, -0.05) is 0 Å². The van der Waals surface area contributed by atoms with Gasteiger partial charge in [0.25, 0.3) is 0 Å². The number of nitrogens with one attached hydrogen (secondary N) is 2. The van der Waals surface area contributed by atoms with E-state index in [0.29, 0.717) is 23.1 Å². The quantitative estimate of drug-likeness (QED) is 0.493. The molecule has 0 bridgehead atoms. The molecule has 2 heterocycles. The molecule has 144 valence electrons. The van der Waals surface area contributed by atoms with Crippen molar-refractivity contribution in [1.82, 2.24) is 15.0 Å². The third-order valence-electron chi connectivity index (χ3n) is 3.60. The molecule has 3 aromatic rings. The average molecular weight is 382 g/mol. The Labute approximate surface area is 161 Å². The summed E-state index contributed by atoms with van der Waals surface area (Å²) in [5, 5.41) is 17.2. The molecule has 9 heteroatoms. The molecule has 8 nitrogen and oxygen atoms in total. The molecule has 0 aliphatic carbocycles. The third kappa shape index (κ3) is 4.76. The zero-order chi connectivity index (χ0) is 20.3. The normalized spacial score (nSPS) is 11.1. The van der Waals surface area contributed by atoms with Crippen LogP contribution >= 0.6 is 0 Å². The highest BCUT2D eigenvalue weighted by Gasteiger charge is 2.16. The highest BCUT2D eigenvalue weighted by molar-refractivity contribution is 5.68. The zero-order valence-corrected chi connectivity index (χ0v) is 15.6. The van der Waals surface area contributed by atoms with E-state index in [0.717, 1.165) is 17.7 Å². The van der Waals surface area contributed by atoms with Crippen molar-refractivity contribution in [3.05, 3.63) is 64.7 Å². The van der Waals surface area contributed by atoms with E-state index < -0.39 is 16.4 Å². The minimum Gasteiger partial charge on any atom is -0.350 e. The number of anilines is 3. The Bertz CT molecular complexity index is 1010. The molecule has 0 atom stereocenters. The highest BCUT2D eigenvalue weighted by atomic mass is 19.1. The van der Waals surface area contributed by atoms with Gasteiger partial charge in [-0.05, 0) is 45.0 Å². The molecule has 0 amide bonds. The predicted molar refractivity (Wildman–Crippen MR) is 105 cm³/mol. The molecule has 0 fully saturated rings. The summed E-state index contributed by atoms with van der Waals surface area (Å²) in [6.45, 7) is 5.93. The largest absolute Gasteiger partial charge is 0.350 e. The number of halogens is 1. The summed E-state index contributed by atoms with van der Waals surface area (Å²) in [6, 6.07) is 8.91. The SMILES string of the molecule is CC(C)(C)Nc1nc(Nc2ccc(F)c([N+](=O)[O-])c2)cc(-c2ccncc2)n1. The van der Waals surface area contributed by atoms with E-state index >= 15 is 0 Å². The summed E-state index contributed by atoms with van der Waals surface area (Å²) in [5.41, 5.74) is 0.935. The number of nitro benzene ring substituents is 1. The van der Waals surface area contributed by atoms with Crippen LogP contribution < -0.4 is 10.6 Å². The second-order valence-electron chi connectivity index (χ2n) is 7.12. The molecule has 0 radical (unpaired) electrons. The summed E-state index contributed by atoms with van der Waals surface area (Å²) in [5.74, 6) is -0.0961. The van der Waals surface area contributed by atoms with Gasteiger partial charge in [0, 0.05) is 41.3 Å². The van der Waals surface area contributed by atoms with Crippen LogP contribution in [0.1, 0.15) is 20.8 Å². The minimum atomic E-state index is -0.897. The van der Waals surface area contributed by atoms with Crippen LogP contribution in [0, 0.1) is 15.9 Å². The maximum Gasteiger partial charge on any atom is 0.306 e. The van der Waals surface area contributed by atoms with Crippen LogP contribution in [0.5, 0.6) is 0 Å². The summed E-state index contributed by atoms with van der Waals surface area (Å²) in [7, 11) is 0. The third-order valence-corrected chi connectivity index (χ3v) is 3.60. The van der Waals surface area contributed by atoms with Crippen molar-refractivity contribution in [2.45, 2.75) is 26.3 Å². The van der Waals surface area contributed by atoms with Crippen LogP contribution in [0.25, 0.3) is 11.3 Å². The first-order chi connectivity index (χ1) is 13.2. The molecule has 3 rings (SSSR count). The molecule has 0 unspecified atom stereocenters. The lowest BCUT2D eigenvalue weighted by Crippen LogP contribution is -2.27. The van der Waals surface area contributed by atoms with Gasteiger partial charge in [0.2, 0.25) is 11.8 Å². The van der Waals surface area contributed by atoms with E-state index in [9.17, 15) is 14.5 Å². The zero-order valence-electron chi connectivity index (χ0n) is 15.6. The van der Waals surface area contributed by atoms with Gasteiger partial charge in [0.05, 0.1) is 10.6 Å². The molecule has 0 aliphatic heterocycles. The molecule has 28 heavy (non-hydrogen) atoms. The Morgan fingerprint density at radius 1 is 1.07 bits per heavy atom. The van der Waals surface area contributed by atoms with E-state index in [4.69, 9.17) is 0 Å². The second kappa shape index (κ2) is 7.55. The van der Waals surface area contributed by atoms with Gasteiger partial charge in [-0.15, -0.1) is 0 Å². The Morgan fingerprint density at radius 3 is 2.43 bits per heavy atom. The van der Waals surface area contributed by atoms with Gasteiger partial charge in [0.15, 0.2) is 0 Å². The first-order valence-corrected chi connectivity index (χ1v) is 8.50. The van der Waals surface area contributed by atoms with Crippen LogP contribution in [0.2, 0.25) is 0 Å². The first-order valence-electron chi connectivity index (χ1n) is 8.50. The van der Waals surface area contributed by atoms with Gasteiger partial charge in [-0.2, -0.15) is 9.37 Å². The molecule has 0 saturated heterocycles. The lowest BCUT2D eigenvalue weighted by atomic mass is 10.1. The first kappa shape index (κ1) is 19.2. The van der Waals surface area contributed by atoms with Crippen molar-refractivity contribution < 1.29 is 9.31 Å². The lowest BCUT2D eigenvalue weighted by molar-refractivity contribution is -0.387. The minimum absolute atomic E-state index is 0.275. The highest BCUT2D eigenvalue weighted by Crippen LogP contribution is 2.27. The van der Waals surface area contributed by atoms with E-state index in [1.54, 1.807) is 18.5 Å². The van der Waals surface area contributed by atoms with Crippen LogP contribution in [-0.4, -0.2) is 25.4 Å². The van der Waals surface area contributed by atoms with Crippen molar-refractivity contribution in [1.29, 1.82) is 0 Å². The number of aromatic nitrogens is 3. The topological polar surface area (TPSA) is 106 Å². The van der Waals surface area contributed by atoms with Crippen molar-refractivity contribution >= 4 is 23.1 Å². The van der Waals surface area contributed by atoms with Gasteiger partial charge >= 0.3 is 5.69 Å². The number of benzene rings is 1. The second-order valence-corrected chi connectivity index (χ2v) is 7.12. The van der Waals surface area contributed by atoms with Gasteiger partial charge in [-0.3, -0.25) is 15.1 Å². The molecule has 2 aromatic heterocycles. The molecular weight excluding hydrogens is 363 g/mol. The van der Waals surface area contributed by atoms with E-state index in [-0.39, 0.29) is 5.54 Å². The molecule has 2 N–H and O–H groups in total. The number of pyridine rings is 1. The Hall–Kier alpha value is -3.62. The smallest absolute Gasteiger partial charge is 0.306 e. The fourth-order valence-electron chi connectivity index (χ4n) is 2.45. The molecule has 0 spiro atoms. The fraction of sp³-hybridized carbons (Fsp3) is 0.211. The van der Waals surface area contributed by atoms with Gasteiger partial charge in [-0.25, -0.2) is 4.98 Å². The van der Waals surface area contributed by atoms with Crippen LogP contribution in [-0.2, 0) is 0 Å². The predicted octanol–water partition coefficient (Wildman–Crippen LogP) is 4.54. The Balaban J connectivity index is 2.01. The number of hydrogen-bond acceptors (Lipinski definition) is 7. The maximum atomic E-state index is 13.6. The number of rotatable bonds is 5. The number of nitro groups is 1. The maximum absolute atomic E-state index is 13.6. The van der Waals surface area contributed by atoms with E-state index in [1.165, 1.54) is 6.07 Å². The monoisotopic (exact) mass is 382 g/mol. The van der Waals surface area contributed by atoms with Crippen LogP contribution in [0.15, 0.2) is 48.8 Å². The lowest BCUT2D eigenvalue weighted by Gasteiger charge is -2.21. The van der Waals surface area contributed by atoms with Crippen molar-refractivity contribution in [3.8, 4) is 11.3 Å². The van der Waals surface area contributed by atoms with Crippen LogP contribution in [0.3, 0.4) is 0 Å². The summed E-state index contributed by atoms with van der Waals surface area (Å²) in [6.07, 6.45) is 3.31. The van der Waals surface area contributed by atoms with Crippen molar-refractivity contribution in [2.24, 2.45) is 0 Å². The Kier molecular flexibility index (Phi) is 5.16. The summed E-state index contributed by atoms with van der Waals surface area (Å²) < 4.78 is 13.6. The number of nitrogens with zero attached hydrogens (tertiary/aromatic N) is 4. The van der Waals surface area contributed by atoms with Crippen molar-refractivity contribution in [2.75, 3.05) is 10.6 Å². The molecular formula is C19H19FN6O2. The van der Waals surface area contributed by atoms with Crippen LogP contribution in [0.4, 0.5) is 27.5 Å². The fourth-order valence-corrected chi connectivity index (χ4v) is 2.45. The Morgan fingerprint density at radius 2 is 1.79 bits per heavy atom.